The van der Waals surface area contributed by atoms with Crippen molar-refractivity contribution in [2.45, 2.75) is 24.8 Å². The van der Waals surface area contributed by atoms with Crippen LogP contribution in [0.1, 0.15) is 33.9 Å². The van der Waals surface area contributed by atoms with Gasteiger partial charge in [0.15, 0.2) is 0 Å². The minimum Gasteiger partial charge on any atom is -0.322 e. The molecule has 162 valence electrons. The lowest BCUT2D eigenvalue weighted by atomic mass is 10.2. The Morgan fingerprint density at radius 3 is 1.94 bits per heavy atom. The van der Waals surface area contributed by atoms with E-state index < -0.39 is 10.0 Å². The molecule has 0 unspecified atom stereocenters. The predicted molar refractivity (Wildman–Crippen MR) is 123 cm³/mol. The molecule has 0 aliphatic heterocycles. The standard InChI is InChI=1S/C22H23N3O4S2/c1-15(2)25(3)31(28,29)19-12-10-18(11-13-19)23-21(26)16-6-8-17(9-7-16)24-22(27)20-5-4-14-30-20/h4-15H,1-3H3,(H,23,26)(H,24,27). The van der Waals surface area contributed by atoms with E-state index in [1.807, 2.05) is 5.38 Å². The van der Waals surface area contributed by atoms with E-state index in [9.17, 15) is 18.0 Å². The van der Waals surface area contributed by atoms with Crippen molar-refractivity contribution < 1.29 is 18.0 Å². The Kier molecular flexibility index (Phi) is 6.89. The van der Waals surface area contributed by atoms with Gasteiger partial charge in [-0.25, -0.2) is 8.42 Å². The van der Waals surface area contributed by atoms with Gasteiger partial charge in [0.1, 0.15) is 0 Å². The van der Waals surface area contributed by atoms with Crippen molar-refractivity contribution in [1.29, 1.82) is 0 Å². The number of nitrogens with zero attached hydrogens (tertiary/aromatic N) is 1. The van der Waals surface area contributed by atoms with Gasteiger partial charge in [-0.15, -0.1) is 11.3 Å². The van der Waals surface area contributed by atoms with Gasteiger partial charge in [0.2, 0.25) is 10.0 Å². The van der Waals surface area contributed by atoms with Crippen molar-refractivity contribution in [2.24, 2.45) is 0 Å². The highest BCUT2D eigenvalue weighted by molar-refractivity contribution is 7.89. The fraction of sp³-hybridized carbons (Fsp3) is 0.182. The van der Waals surface area contributed by atoms with Gasteiger partial charge in [-0.05, 0) is 73.8 Å². The largest absolute Gasteiger partial charge is 0.322 e. The molecule has 0 spiro atoms. The van der Waals surface area contributed by atoms with E-state index in [4.69, 9.17) is 0 Å². The molecule has 2 aromatic carbocycles. The maximum atomic E-state index is 12.5. The average Bonchev–Trinajstić information content (AvgIpc) is 3.29. The summed E-state index contributed by atoms with van der Waals surface area (Å²) in [6, 6.07) is 15.9. The van der Waals surface area contributed by atoms with Gasteiger partial charge in [0.25, 0.3) is 11.8 Å². The maximum Gasteiger partial charge on any atom is 0.265 e. The van der Waals surface area contributed by atoms with Gasteiger partial charge in [-0.3, -0.25) is 9.59 Å². The molecule has 0 atom stereocenters. The van der Waals surface area contributed by atoms with Crippen LogP contribution in [-0.2, 0) is 10.0 Å². The van der Waals surface area contributed by atoms with Gasteiger partial charge < -0.3 is 10.6 Å². The molecule has 2 amide bonds. The smallest absolute Gasteiger partial charge is 0.265 e. The molecule has 0 aliphatic carbocycles. The predicted octanol–water partition coefficient (Wildman–Crippen LogP) is 4.28. The van der Waals surface area contributed by atoms with E-state index in [0.717, 1.165) is 0 Å². The molecule has 0 saturated carbocycles. The van der Waals surface area contributed by atoms with Crippen LogP contribution in [0.2, 0.25) is 0 Å². The number of benzene rings is 2. The van der Waals surface area contributed by atoms with Gasteiger partial charge >= 0.3 is 0 Å². The fourth-order valence-electron chi connectivity index (χ4n) is 2.66. The average molecular weight is 458 g/mol. The third-order valence-electron chi connectivity index (χ3n) is 4.67. The molecule has 1 aromatic heterocycles. The van der Waals surface area contributed by atoms with Gasteiger partial charge in [-0.1, -0.05) is 6.07 Å². The first-order valence-electron chi connectivity index (χ1n) is 9.53. The third kappa shape index (κ3) is 5.38. The van der Waals surface area contributed by atoms with Crippen molar-refractivity contribution in [3.05, 3.63) is 76.5 Å². The van der Waals surface area contributed by atoms with E-state index in [1.54, 1.807) is 62.4 Å². The van der Waals surface area contributed by atoms with Crippen LogP contribution < -0.4 is 10.6 Å². The molecule has 0 saturated heterocycles. The summed E-state index contributed by atoms with van der Waals surface area (Å²) in [6.07, 6.45) is 0. The summed E-state index contributed by atoms with van der Waals surface area (Å²) in [5.41, 5.74) is 1.47. The zero-order valence-corrected chi connectivity index (χ0v) is 19.0. The Hall–Kier alpha value is -3.01. The molecule has 0 bridgehead atoms. The second kappa shape index (κ2) is 9.42. The lowest BCUT2D eigenvalue weighted by Gasteiger charge is -2.21. The molecule has 1 heterocycles. The lowest BCUT2D eigenvalue weighted by Crippen LogP contribution is -2.33. The quantitative estimate of drug-likeness (QED) is 0.553. The second-order valence-corrected chi connectivity index (χ2v) is 10.0. The number of carbonyl (C=O) groups excluding carboxylic acids is 2. The number of amides is 2. The minimum atomic E-state index is -3.58. The summed E-state index contributed by atoms with van der Waals surface area (Å²) < 4.78 is 26.3. The van der Waals surface area contributed by atoms with Crippen molar-refractivity contribution in [3.8, 4) is 0 Å². The lowest BCUT2D eigenvalue weighted by molar-refractivity contribution is 0.102. The third-order valence-corrected chi connectivity index (χ3v) is 7.58. The Bertz CT molecular complexity index is 1150. The Labute approximate surface area is 185 Å². The van der Waals surface area contributed by atoms with Gasteiger partial charge in [0, 0.05) is 30.0 Å². The summed E-state index contributed by atoms with van der Waals surface area (Å²) >= 11 is 1.35. The number of hydrogen-bond donors (Lipinski definition) is 2. The zero-order chi connectivity index (χ0) is 22.6. The number of anilines is 2. The van der Waals surface area contributed by atoms with Crippen LogP contribution in [0.5, 0.6) is 0 Å². The number of carbonyl (C=O) groups is 2. The summed E-state index contributed by atoms with van der Waals surface area (Å²) in [7, 11) is -2.05. The first-order valence-corrected chi connectivity index (χ1v) is 11.8. The van der Waals surface area contributed by atoms with Crippen LogP contribution in [-0.4, -0.2) is 37.6 Å². The van der Waals surface area contributed by atoms with Crippen molar-refractivity contribution in [3.63, 3.8) is 0 Å². The maximum absolute atomic E-state index is 12.5. The van der Waals surface area contributed by atoms with Crippen LogP contribution in [0, 0.1) is 0 Å². The molecule has 2 N–H and O–H groups in total. The minimum absolute atomic E-state index is 0.160. The number of thiophene rings is 1. The number of nitrogens with one attached hydrogen (secondary N) is 2. The monoisotopic (exact) mass is 457 g/mol. The molecule has 9 heteroatoms. The molecular weight excluding hydrogens is 434 g/mol. The zero-order valence-electron chi connectivity index (χ0n) is 17.3. The van der Waals surface area contributed by atoms with Crippen molar-refractivity contribution in [2.75, 3.05) is 17.7 Å². The summed E-state index contributed by atoms with van der Waals surface area (Å²) in [5, 5.41) is 7.34. The van der Waals surface area contributed by atoms with Gasteiger partial charge in [-0.2, -0.15) is 4.31 Å². The highest BCUT2D eigenvalue weighted by Crippen LogP contribution is 2.20. The van der Waals surface area contributed by atoms with E-state index in [0.29, 0.717) is 21.8 Å². The van der Waals surface area contributed by atoms with E-state index in [-0.39, 0.29) is 22.8 Å². The summed E-state index contributed by atoms with van der Waals surface area (Å²) in [6.45, 7) is 3.59. The Morgan fingerprint density at radius 1 is 0.871 bits per heavy atom. The normalized spacial score (nSPS) is 11.5. The highest BCUT2D eigenvalue weighted by atomic mass is 32.2. The van der Waals surface area contributed by atoms with Crippen LogP contribution >= 0.6 is 11.3 Å². The summed E-state index contributed by atoms with van der Waals surface area (Å²) in [4.78, 5) is 25.3. The number of rotatable bonds is 7. The van der Waals surface area contributed by atoms with E-state index in [1.165, 1.54) is 34.8 Å². The van der Waals surface area contributed by atoms with Crippen molar-refractivity contribution in [1.82, 2.24) is 4.31 Å². The van der Waals surface area contributed by atoms with E-state index in [2.05, 4.69) is 10.6 Å². The molecule has 0 radical (unpaired) electrons. The molecule has 7 nitrogen and oxygen atoms in total. The molecule has 3 aromatic rings. The van der Waals surface area contributed by atoms with Gasteiger partial charge in [0.05, 0.1) is 9.77 Å². The SMILES string of the molecule is CC(C)N(C)S(=O)(=O)c1ccc(NC(=O)c2ccc(NC(=O)c3cccs3)cc2)cc1. The Morgan fingerprint density at radius 2 is 1.42 bits per heavy atom. The molecule has 0 fully saturated rings. The first kappa shape index (κ1) is 22.7. The van der Waals surface area contributed by atoms with E-state index >= 15 is 0 Å². The second-order valence-electron chi connectivity index (χ2n) is 7.10. The fourth-order valence-corrected chi connectivity index (χ4v) is 4.65. The summed E-state index contributed by atoms with van der Waals surface area (Å²) in [5.74, 6) is -0.545. The highest BCUT2D eigenvalue weighted by Gasteiger charge is 2.22. The van der Waals surface area contributed by atoms with Crippen LogP contribution in [0.3, 0.4) is 0 Å². The van der Waals surface area contributed by atoms with Crippen LogP contribution in [0.4, 0.5) is 11.4 Å². The molecule has 31 heavy (non-hydrogen) atoms. The topological polar surface area (TPSA) is 95.6 Å². The van der Waals surface area contributed by atoms with Crippen molar-refractivity contribution >= 4 is 44.5 Å². The molecule has 0 aliphatic rings. The molecule has 3 rings (SSSR count). The van der Waals surface area contributed by atoms with Crippen LogP contribution in [0.25, 0.3) is 0 Å². The number of sulfonamides is 1. The first-order chi connectivity index (χ1) is 14.7. The Balaban J connectivity index is 1.64. The molecular formula is C22H23N3O4S2. The van der Waals surface area contributed by atoms with Crippen LogP contribution in [0.15, 0.2) is 70.9 Å². The number of hydrogen-bond acceptors (Lipinski definition) is 5.